The number of rotatable bonds is 4. The van der Waals surface area contributed by atoms with Crippen LogP contribution in [-0.4, -0.2) is 22.5 Å². The Morgan fingerprint density at radius 2 is 1.75 bits per heavy atom. The molecule has 0 spiro atoms. The van der Waals surface area contributed by atoms with Gasteiger partial charge in [-0.1, -0.05) is 43.7 Å². The van der Waals surface area contributed by atoms with Gasteiger partial charge in [-0.25, -0.2) is 0 Å². The van der Waals surface area contributed by atoms with Gasteiger partial charge >= 0.3 is 0 Å². The van der Waals surface area contributed by atoms with E-state index >= 15 is 0 Å². The molecule has 0 aliphatic heterocycles. The van der Waals surface area contributed by atoms with E-state index in [-0.39, 0.29) is 11.7 Å². The summed E-state index contributed by atoms with van der Waals surface area (Å²) in [5.41, 5.74) is 5.27. The van der Waals surface area contributed by atoms with Crippen molar-refractivity contribution in [3.05, 3.63) is 0 Å². The van der Waals surface area contributed by atoms with Crippen molar-refractivity contribution >= 4 is 11.7 Å². The molecule has 0 bridgehead atoms. The molecule has 0 heterocycles. The Hall–Kier alpha value is -1.26. The minimum Gasteiger partial charge on any atom is -0.409 e. The molecule has 2 aliphatic rings. The minimum atomic E-state index is -0.624. The standard InChI is InChI=1S/C15H27N3O2/c16-14(18-20)15(9-5-1-2-6-10-15)17-13(19)11-12-7-3-4-8-12/h12,20H,1-11H2,(H2,16,18)(H,17,19). The predicted molar refractivity (Wildman–Crippen MR) is 78.6 cm³/mol. The molecule has 1 amide bonds. The molecule has 0 aromatic heterocycles. The van der Waals surface area contributed by atoms with Gasteiger partial charge in [-0.15, -0.1) is 0 Å². The number of carbonyl (C=O) groups is 1. The van der Waals surface area contributed by atoms with Crippen LogP contribution in [-0.2, 0) is 4.79 Å². The second-order valence-electron chi connectivity index (χ2n) is 6.38. The predicted octanol–water partition coefficient (Wildman–Crippen LogP) is 2.52. The van der Waals surface area contributed by atoms with Crippen LogP contribution in [0, 0.1) is 5.92 Å². The fraction of sp³-hybridized carbons (Fsp3) is 0.867. The molecule has 0 aromatic rings. The summed E-state index contributed by atoms with van der Waals surface area (Å²) in [6.45, 7) is 0. The van der Waals surface area contributed by atoms with Gasteiger partial charge in [-0.3, -0.25) is 4.79 Å². The molecular formula is C15H27N3O2. The molecule has 5 nitrogen and oxygen atoms in total. The zero-order valence-electron chi connectivity index (χ0n) is 12.2. The first-order valence-corrected chi connectivity index (χ1v) is 7.95. The topological polar surface area (TPSA) is 87.7 Å². The smallest absolute Gasteiger partial charge is 0.221 e. The molecule has 0 radical (unpaired) electrons. The highest BCUT2D eigenvalue weighted by atomic mass is 16.4. The molecule has 0 unspecified atom stereocenters. The van der Waals surface area contributed by atoms with Crippen LogP contribution in [0.5, 0.6) is 0 Å². The van der Waals surface area contributed by atoms with E-state index in [2.05, 4.69) is 10.5 Å². The first-order valence-electron chi connectivity index (χ1n) is 7.95. The Morgan fingerprint density at radius 1 is 1.15 bits per heavy atom. The summed E-state index contributed by atoms with van der Waals surface area (Å²) in [7, 11) is 0. The number of amidine groups is 1. The second-order valence-corrected chi connectivity index (χ2v) is 6.38. The molecule has 2 rings (SSSR count). The third-order valence-electron chi connectivity index (χ3n) is 4.88. The van der Waals surface area contributed by atoms with Gasteiger partial charge in [0.25, 0.3) is 0 Å². The van der Waals surface area contributed by atoms with E-state index in [4.69, 9.17) is 10.9 Å². The van der Waals surface area contributed by atoms with Crippen LogP contribution in [0.3, 0.4) is 0 Å². The summed E-state index contributed by atoms with van der Waals surface area (Å²) in [4.78, 5) is 12.3. The maximum absolute atomic E-state index is 12.3. The Balaban J connectivity index is 2.00. The van der Waals surface area contributed by atoms with E-state index < -0.39 is 5.54 Å². The fourth-order valence-corrected chi connectivity index (χ4v) is 3.67. The molecule has 0 saturated heterocycles. The Morgan fingerprint density at radius 3 is 2.30 bits per heavy atom. The van der Waals surface area contributed by atoms with Crippen molar-refractivity contribution < 1.29 is 10.0 Å². The Bertz CT molecular complexity index is 354. The quantitative estimate of drug-likeness (QED) is 0.243. The van der Waals surface area contributed by atoms with Gasteiger partial charge in [0.1, 0.15) is 5.54 Å². The van der Waals surface area contributed by atoms with E-state index in [1.54, 1.807) is 0 Å². The van der Waals surface area contributed by atoms with Crippen LogP contribution in [0.1, 0.15) is 70.6 Å². The average molecular weight is 281 g/mol. The lowest BCUT2D eigenvalue weighted by Crippen LogP contribution is -2.57. The monoisotopic (exact) mass is 281 g/mol. The van der Waals surface area contributed by atoms with E-state index in [1.165, 1.54) is 12.8 Å². The second kappa shape index (κ2) is 6.95. The molecule has 4 N–H and O–H groups in total. The lowest BCUT2D eigenvalue weighted by molar-refractivity contribution is -0.123. The van der Waals surface area contributed by atoms with Crippen LogP contribution in [0.2, 0.25) is 0 Å². The van der Waals surface area contributed by atoms with Crippen molar-refractivity contribution in [2.45, 2.75) is 76.2 Å². The zero-order chi connectivity index (χ0) is 14.4. The van der Waals surface area contributed by atoms with Gasteiger partial charge in [0.05, 0.1) is 0 Å². The van der Waals surface area contributed by atoms with Crippen molar-refractivity contribution in [3.8, 4) is 0 Å². The maximum atomic E-state index is 12.3. The fourth-order valence-electron chi connectivity index (χ4n) is 3.67. The van der Waals surface area contributed by atoms with Gasteiger partial charge in [0, 0.05) is 6.42 Å². The Kier molecular flexibility index (Phi) is 5.26. The van der Waals surface area contributed by atoms with E-state index in [0.717, 1.165) is 51.4 Å². The summed E-state index contributed by atoms with van der Waals surface area (Å²) in [6, 6.07) is 0. The summed E-state index contributed by atoms with van der Waals surface area (Å²) < 4.78 is 0. The van der Waals surface area contributed by atoms with Crippen LogP contribution >= 0.6 is 0 Å². The highest BCUT2D eigenvalue weighted by Gasteiger charge is 2.37. The third kappa shape index (κ3) is 3.64. The van der Waals surface area contributed by atoms with Crippen LogP contribution in [0.25, 0.3) is 0 Å². The molecule has 2 saturated carbocycles. The number of hydrogen-bond donors (Lipinski definition) is 3. The van der Waals surface area contributed by atoms with Gasteiger partial charge in [0.2, 0.25) is 5.91 Å². The molecule has 2 aliphatic carbocycles. The van der Waals surface area contributed by atoms with E-state index in [9.17, 15) is 4.79 Å². The third-order valence-corrected chi connectivity index (χ3v) is 4.88. The number of amides is 1. The number of nitrogens with zero attached hydrogens (tertiary/aromatic N) is 1. The van der Waals surface area contributed by atoms with Crippen molar-refractivity contribution in [1.29, 1.82) is 0 Å². The molecule has 2 fully saturated rings. The summed E-state index contributed by atoms with van der Waals surface area (Å²) in [5.74, 6) is 0.745. The molecule has 5 heteroatoms. The molecule has 0 atom stereocenters. The summed E-state index contributed by atoms with van der Waals surface area (Å²) in [6.07, 6.45) is 11.3. The average Bonchev–Trinajstić information content (AvgIpc) is 2.82. The normalized spacial score (nSPS) is 24.3. The lowest BCUT2D eigenvalue weighted by Gasteiger charge is -2.33. The van der Waals surface area contributed by atoms with Crippen LogP contribution < -0.4 is 11.1 Å². The number of hydrogen-bond acceptors (Lipinski definition) is 3. The highest BCUT2D eigenvalue weighted by molar-refractivity contribution is 5.94. The summed E-state index contributed by atoms with van der Waals surface area (Å²) >= 11 is 0. The van der Waals surface area contributed by atoms with Gasteiger partial charge in [-0.2, -0.15) is 0 Å². The molecule has 114 valence electrons. The highest BCUT2D eigenvalue weighted by Crippen LogP contribution is 2.30. The Labute approximate surface area is 121 Å². The SMILES string of the molecule is N/C(=N/O)C1(NC(=O)CC2CCCC2)CCCCCC1. The van der Waals surface area contributed by atoms with E-state index in [1.807, 2.05) is 0 Å². The first kappa shape index (κ1) is 15.1. The van der Waals surface area contributed by atoms with Gasteiger partial charge < -0.3 is 16.3 Å². The first-order chi connectivity index (χ1) is 9.66. The van der Waals surface area contributed by atoms with Gasteiger partial charge in [0.15, 0.2) is 5.84 Å². The zero-order valence-corrected chi connectivity index (χ0v) is 12.2. The number of nitrogens with two attached hydrogens (primary N) is 1. The minimum absolute atomic E-state index is 0.0606. The molecule has 0 aromatic carbocycles. The van der Waals surface area contributed by atoms with Crippen molar-refractivity contribution in [2.24, 2.45) is 16.8 Å². The van der Waals surface area contributed by atoms with Crippen LogP contribution in [0.4, 0.5) is 0 Å². The largest absolute Gasteiger partial charge is 0.409 e. The maximum Gasteiger partial charge on any atom is 0.221 e. The number of nitrogens with one attached hydrogen (secondary N) is 1. The summed E-state index contributed by atoms with van der Waals surface area (Å²) in [5, 5.41) is 15.3. The van der Waals surface area contributed by atoms with Crippen molar-refractivity contribution in [3.63, 3.8) is 0 Å². The number of oxime groups is 1. The molecular weight excluding hydrogens is 254 g/mol. The lowest BCUT2D eigenvalue weighted by atomic mass is 9.88. The van der Waals surface area contributed by atoms with Crippen molar-refractivity contribution in [2.75, 3.05) is 0 Å². The van der Waals surface area contributed by atoms with Crippen LogP contribution in [0.15, 0.2) is 5.16 Å². The van der Waals surface area contributed by atoms with E-state index in [0.29, 0.717) is 12.3 Å². The van der Waals surface area contributed by atoms with Crippen molar-refractivity contribution in [1.82, 2.24) is 5.32 Å². The number of carbonyl (C=O) groups excluding carboxylic acids is 1. The van der Waals surface area contributed by atoms with Gasteiger partial charge in [-0.05, 0) is 31.6 Å². The molecule has 20 heavy (non-hydrogen) atoms.